The molecule has 2 aromatic heterocycles. The highest BCUT2D eigenvalue weighted by atomic mass is 79.9. The van der Waals surface area contributed by atoms with E-state index in [2.05, 4.69) is 51.7 Å². The topological polar surface area (TPSA) is 43.6 Å². The van der Waals surface area contributed by atoms with Crippen LogP contribution >= 0.6 is 15.9 Å². The van der Waals surface area contributed by atoms with Crippen molar-refractivity contribution in [1.82, 2.24) is 19.5 Å². The molecule has 0 aliphatic carbocycles. The fraction of sp³-hybridized carbons (Fsp3) is 0.417. The maximum atomic E-state index is 4.57. The first-order valence-corrected chi connectivity index (χ1v) is 6.48. The van der Waals surface area contributed by atoms with Gasteiger partial charge in [-0.05, 0) is 15.9 Å². The third-order valence-electron chi connectivity index (χ3n) is 2.50. The molecule has 0 aliphatic heterocycles. The average Bonchev–Trinajstić information content (AvgIpc) is 2.76. The standard InChI is InChI=1S/C12H15BrN4/c1-4-10-14-5-6-17(10)11-7-9(13)15-12(16-11)8(2)3/h5-8H,4H2,1-3H3. The van der Waals surface area contributed by atoms with E-state index in [0.717, 1.165) is 28.5 Å². The first-order chi connectivity index (χ1) is 8.11. The van der Waals surface area contributed by atoms with Crippen molar-refractivity contribution in [3.8, 4) is 5.82 Å². The van der Waals surface area contributed by atoms with E-state index in [1.165, 1.54) is 0 Å². The third kappa shape index (κ3) is 2.54. The van der Waals surface area contributed by atoms with Crippen LogP contribution in [0.15, 0.2) is 23.1 Å². The third-order valence-corrected chi connectivity index (χ3v) is 2.90. The Labute approximate surface area is 109 Å². The van der Waals surface area contributed by atoms with Crippen LogP contribution in [0.4, 0.5) is 0 Å². The maximum absolute atomic E-state index is 4.57. The predicted octanol–water partition coefficient (Wildman–Crippen LogP) is 3.11. The van der Waals surface area contributed by atoms with Crippen LogP contribution in [-0.2, 0) is 6.42 Å². The number of hydrogen-bond donors (Lipinski definition) is 0. The number of rotatable bonds is 3. The van der Waals surface area contributed by atoms with Crippen LogP contribution in [0, 0.1) is 0 Å². The van der Waals surface area contributed by atoms with Gasteiger partial charge in [-0.2, -0.15) is 0 Å². The Kier molecular flexibility index (Phi) is 3.57. The fourth-order valence-corrected chi connectivity index (χ4v) is 2.00. The quantitative estimate of drug-likeness (QED) is 0.817. The molecule has 2 aromatic rings. The van der Waals surface area contributed by atoms with E-state index in [4.69, 9.17) is 0 Å². The van der Waals surface area contributed by atoms with Crippen molar-refractivity contribution in [2.45, 2.75) is 33.1 Å². The molecule has 0 saturated heterocycles. The van der Waals surface area contributed by atoms with Gasteiger partial charge in [0, 0.05) is 30.8 Å². The average molecular weight is 295 g/mol. The van der Waals surface area contributed by atoms with Crippen LogP contribution in [0.2, 0.25) is 0 Å². The predicted molar refractivity (Wildman–Crippen MR) is 70.3 cm³/mol. The second-order valence-corrected chi connectivity index (χ2v) is 4.94. The van der Waals surface area contributed by atoms with Crippen molar-refractivity contribution in [3.05, 3.63) is 34.7 Å². The highest BCUT2D eigenvalue weighted by Crippen LogP contribution is 2.18. The number of hydrogen-bond acceptors (Lipinski definition) is 3. The van der Waals surface area contributed by atoms with Crippen molar-refractivity contribution in [1.29, 1.82) is 0 Å². The van der Waals surface area contributed by atoms with Crippen LogP contribution in [0.25, 0.3) is 5.82 Å². The van der Waals surface area contributed by atoms with Gasteiger partial charge in [-0.3, -0.25) is 4.57 Å². The van der Waals surface area contributed by atoms with Crippen molar-refractivity contribution < 1.29 is 0 Å². The molecule has 0 aliphatic rings. The Morgan fingerprint density at radius 2 is 2.12 bits per heavy atom. The van der Waals surface area contributed by atoms with Crippen LogP contribution in [0.1, 0.15) is 38.3 Å². The molecule has 17 heavy (non-hydrogen) atoms. The van der Waals surface area contributed by atoms with Crippen LogP contribution in [-0.4, -0.2) is 19.5 Å². The van der Waals surface area contributed by atoms with Gasteiger partial charge in [0.1, 0.15) is 22.1 Å². The maximum Gasteiger partial charge on any atom is 0.142 e. The van der Waals surface area contributed by atoms with Crippen molar-refractivity contribution in [2.24, 2.45) is 0 Å². The first-order valence-electron chi connectivity index (χ1n) is 5.69. The summed E-state index contributed by atoms with van der Waals surface area (Å²) in [6.45, 7) is 6.25. The van der Waals surface area contributed by atoms with E-state index >= 15 is 0 Å². The van der Waals surface area contributed by atoms with Crippen LogP contribution < -0.4 is 0 Å². The van der Waals surface area contributed by atoms with Gasteiger partial charge in [-0.15, -0.1) is 0 Å². The SMILES string of the molecule is CCc1nccn1-c1cc(Br)nc(C(C)C)n1. The lowest BCUT2D eigenvalue weighted by atomic mass is 10.2. The minimum atomic E-state index is 0.305. The summed E-state index contributed by atoms with van der Waals surface area (Å²) in [5, 5.41) is 0. The summed E-state index contributed by atoms with van der Waals surface area (Å²) in [7, 11) is 0. The molecule has 0 bridgehead atoms. The lowest BCUT2D eigenvalue weighted by Crippen LogP contribution is -2.06. The number of aryl methyl sites for hydroxylation is 1. The van der Waals surface area contributed by atoms with Gasteiger partial charge >= 0.3 is 0 Å². The van der Waals surface area contributed by atoms with E-state index in [1.807, 2.05) is 16.8 Å². The molecule has 0 amide bonds. The molecule has 0 atom stereocenters. The van der Waals surface area contributed by atoms with Gasteiger partial charge in [0.2, 0.25) is 0 Å². The lowest BCUT2D eigenvalue weighted by molar-refractivity contribution is 0.749. The molecule has 0 spiro atoms. The summed E-state index contributed by atoms with van der Waals surface area (Å²) in [6.07, 6.45) is 4.60. The van der Waals surface area contributed by atoms with Gasteiger partial charge in [0.05, 0.1) is 0 Å². The zero-order valence-corrected chi connectivity index (χ0v) is 11.8. The van der Waals surface area contributed by atoms with Crippen molar-refractivity contribution >= 4 is 15.9 Å². The van der Waals surface area contributed by atoms with Crippen LogP contribution in [0.5, 0.6) is 0 Å². The zero-order chi connectivity index (χ0) is 12.4. The summed E-state index contributed by atoms with van der Waals surface area (Å²) in [4.78, 5) is 13.2. The lowest BCUT2D eigenvalue weighted by Gasteiger charge is -2.09. The molecule has 0 fully saturated rings. The van der Waals surface area contributed by atoms with E-state index < -0.39 is 0 Å². The Morgan fingerprint density at radius 3 is 2.76 bits per heavy atom. The number of halogens is 1. The first kappa shape index (κ1) is 12.2. The van der Waals surface area contributed by atoms with E-state index in [1.54, 1.807) is 6.20 Å². The zero-order valence-electron chi connectivity index (χ0n) is 10.2. The molecule has 2 rings (SSSR count). The molecule has 5 heteroatoms. The van der Waals surface area contributed by atoms with Gasteiger partial charge in [0.25, 0.3) is 0 Å². The number of aromatic nitrogens is 4. The minimum absolute atomic E-state index is 0.305. The molecule has 0 unspecified atom stereocenters. The van der Waals surface area contributed by atoms with E-state index in [0.29, 0.717) is 5.92 Å². The molecule has 0 aromatic carbocycles. The highest BCUT2D eigenvalue weighted by Gasteiger charge is 2.10. The van der Waals surface area contributed by atoms with Crippen molar-refractivity contribution in [3.63, 3.8) is 0 Å². The normalized spacial score (nSPS) is 11.1. The van der Waals surface area contributed by atoms with Gasteiger partial charge < -0.3 is 0 Å². The summed E-state index contributed by atoms with van der Waals surface area (Å²) < 4.78 is 2.81. The molecule has 2 heterocycles. The second-order valence-electron chi connectivity index (χ2n) is 4.13. The summed E-state index contributed by atoms with van der Waals surface area (Å²) in [5.74, 6) is 3.01. The minimum Gasteiger partial charge on any atom is -0.288 e. The molecule has 4 nitrogen and oxygen atoms in total. The molecule has 0 N–H and O–H groups in total. The number of nitrogens with zero attached hydrogens (tertiary/aromatic N) is 4. The summed E-state index contributed by atoms with van der Waals surface area (Å²) in [6, 6.07) is 1.91. The molecule has 0 radical (unpaired) electrons. The van der Waals surface area contributed by atoms with Crippen LogP contribution in [0.3, 0.4) is 0 Å². The molecular weight excluding hydrogens is 280 g/mol. The van der Waals surface area contributed by atoms with E-state index in [9.17, 15) is 0 Å². The largest absolute Gasteiger partial charge is 0.288 e. The monoisotopic (exact) mass is 294 g/mol. The van der Waals surface area contributed by atoms with Gasteiger partial charge in [0.15, 0.2) is 0 Å². The Hall–Kier alpha value is -1.23. The molecule has 90 valence electrons. The fourth-order valence-electron chi connectivity index (χ4n) is 1.61. The summed E-state index contributed by atoms with van der Waals surface area (Å²) in [5.41, 5.74) is 0. The smallest absolute Gasteiger partial charge is 0.142 e. The van der Waals surface area contributed by atoms with E-state index in [-0.39, 0.29) is 0 Å². The number of imidazole rings is 1. The highest BCUT2D eigenvalue weighted by molar-refractivity contribution is 9.10. The Bertz CT molecular complexity index is 519. The van der Waals surface area contributed by atoms with Gasteiger partial charge in [-0.25, -0.2) is 15.0 Å². The Morgan fingerprint density at radius 1 is 1.35 bits per heavy atom. The van der Waals surface area contributed by atoms with Crippen molar-refractivity contribution in [2.75, 3.05) is 0 Å². The summed E-state index contributed by atoms with van der Waals surface area (Å²) >= 11 is 3.43. The van der Waals surface area contributed by atoms with Gasteiger partial charge in [-0.1, -0.05) is 20.8 Å². The Balaban J connectivity index is 2.52. The molecule has 0 saturated carbocycles. The second kappa shape index (κ2) is 4.96. The molecular formula is C12H15BrN4.